The lowest BCUT2D eigenvalue weighted by Gasteiger charge is -2.06. The van der Waals surface area contributed by atoms with Gasteiger partial charge in [-0.05, 0) is 46.8 Å². The van der Waals surface area contributed by atoms with Gasteiger partial charge >= 0.3 is 5.97 Å². The van der Waals surface area contributed by atoms with Crippen molar-refractivity contribution in [3.05, 3.63) is 71.8 Å². The molecule has 0 amide bonds. The van der Waals surface area contributed by atoms with Crippen LogP contribution < -0.4 is 0 Å². The smallest absolute Gasteiger partial charge is 0.338 e. The molecule has 0 radical (unpaired) electrons. The second-order valence-corrected chi connectivity index (χ2v) is 4.43. The summed E-state index contributed by atoms with van der Waals surface area (Å²) in [5.41, 5.74) is 1.03. The van der Waals surface area contributed by atoms with Crippen molar-refractivity contribution >= 4 is 5.97 Å². The lowest BCUT2D eigenvalue weighted by Crippen LogP contribution is -2.10. The molecule has 0 aliphatic heterocycles. The van der Waals surface area contributed by atoms with E-state index in [1.165, 1.54) is 28.9 Å². The van der Waals surface area contributed by atoms with Crippen molar-refractivity contribution in [2.45, 2.75) is 6.61 Å². The van der Waals surface area contributed by atoms with Crippen LogP contribution in [-0.2, 0) is 11.3 Å². The molecule has 22 heavy (non-hydrogen) atoms. The van der Waals surface area contributed by atoms with Crippen LogP contribution in [0, 0.1) is 5.82 Å². The Morgan fingerprint density at radius 2 is 1.82 bits per heavy atom. The van der Waals surface area contributed by atoms with Crippen LogP contribution in [0.25, 0.3) is 5.69 Å². The van der Waals surface area contributed by atoms with Gasteiger partial charge in [0.25, 0.3) is 0 Å². The third kappa shape index (κ3) is 2.98. The van der Waals surface area contributed by atoms with E-state index < -0.39 is 11.8 Å². The minimum atomic E-state index is -0.567. The molecule has 3 rings (SSSR count). The first kappa shape index (κ1) is 13.9. The van der Waals surface area contributed by atoms with Crippen molar-refractivity contribution in [3.63, 3.8) is 0 Å². The van der Waals surface area contributed by atoms with Crippen LogP contribution in [-0.4, -0.2) is 26.2 Å². The van der Waals surface area contributed by atoms with Gasteiger partial charge in [-0.3, -0.25) is 0 Å². The number of halogens is 1. The van der Waals surface area contributed by atoms with E-state index in [2.05, 4.69) is 15.5 Å². The van der Waals surface area contributed by atoms with Crippen LogP contribution in [0.15, 0.2) is 54.6 Å². The fourth-order valence-electron chi connectivity index (χ4n) is 1.86. The van der Waals surface area contributed by atoms with Gasteiger partial charge in [-0.2, -0.15) is 4.68 Å². The van der Waals surface area contributed by atoms with Crippen molar-refractivity contribution in [2.24, 2.45) is 0 Å². The van der Waals surface area contributed by atoms with Gasteiger partial charge in [0, 0.05) is 0 Å². The number of benzene rings is 2. The molecule has 0 aliphatic carbocycles. The highest BCUT2D eigenvalue weighted by Crippen LogP contribution is 2.10. The predicted octanol–water partition coefficient (Wildman–Crippen LogP) is 2.16. The number of esters is 1. The Bertz CT molecular complexity index is 772. The first-order chi connectivity index (χ1) is 10.7. The van der Waals surface area contributed by atoms with Gasteiger partial charge in [0.05, 0.1) is 11.3 Å². The molecular formula is C15H11FN4O2. The molecule has 0 bridgehead atoms. The van der Waals surface area contributed by atoms with E-state index in [9.17, 15) is 9.18 Å². The highest BCUT2D eigenvalue weighted by molar-refractivity contribution is 5.89. The van der Waals surface area contributed by atoms with Gasteiger partial charge in [-0.25, -0.2) is 9.18 Å². The molecule has 0 saturated carbocycles. The molecule has 1 aromatic heterocycles. The number of tetrazole rings is 1. The van der Waals surface area contributed by atoms with Crippen molar-refractivity contribution in [3.8, 4) is 5.69 Å². The average Bonchev–Trinajstić information content (AvgIpc) is 3.02. The molecule has 0 spiro atoms. The van der Waals surface area contributed by atoms with Crippen LogP contribution in [0.4, 0.5) is 4.39 Å². The zero-order valence-electron chi connectivity index (χ0n) is 11.4. The first-order valence-corrected chi connectivity index (χ1v) is 6.49. The third-order valence-electron chi connectivity index (χ3n) is 2.95. The Kier molecular flexibility index (Phi) is 3.86. The van der Waals surface area contributed by atoms with E-state index in [-0.39, 0.29) is 12.2 Å². The minimum Gasteiger partial charge on any atom is -0.454 e. The fourth-order valence-corrected chi connectivity index (χ4v) is 1.86. The number of carbonyl (C=O) groups is 1. The zero-order chi connectivity index (χ0) is 15.4. The summed E-state index contributed by atoms with van der Waals surface area (Å²) in [5, 5.41) is 11.3. The van der Waals surface area contributed by atoms with Crippen LogP contribution in [0.5, 0.6) is 0 Å². The number of hydrogen-bond acceptors (Lipinski definition) is 5. The maximum Gasteiger partial charge on any atom is 0.338 e. The van der Waals surface area contributed by atoms with Crippen LogP contribution >= 0.6 is 0 Å². The molecule has 0 N–H and O–H groups in total. The first-order valence-electron chi connectivity index (χ1n) is 6.49. The molecule has 2 aromatic carbocycles. The Morgan fingerprint density at radius 3 is 2.55 bits per heavy atom. The Morgan fingerprint density at radius 1 is 1.09 bits per heavy atom. The number of para-hydroxylation sites is 1. The molecule has 6 nitrogen and oxygen atoms in total. The van der Waals surface area contributed by atoms with Crippen LogP contribution in [0.1, 0.15) is 16.2 Å². The van der Waals surface area contributed by atoms with Crippen molar-refractivity contribution < 1.29 is 13.9 Å². The highest BCUT2D eigenvalue weighted by Gasteiger charge is 2.12. The summed E-state index contributed by atoms with van der Waals surface area (Å²) in [7, 11) is 0. The molecule has 110 valence electrons. The Hall–Kier alpha value is -3.09. The summed E-state index contributed by atoms with van der Waals surface area (Å²) >= 11 is 0. The molecule has 7 heteroatoms. The third-order valence-corrected chi connectivity index (χ3v) is 2.95. The topological polar surface area (TPSA) is 69.9 Å². The highest BCUT2D eigenvalue weighted by atomic mass is 19.1. The normalized spacial score (nSPS) is 10.4. The summed E-state index contributed by atoms with van der Waals surface area (Å²) in [6.45, 7) is -0.0852. The number of hydrogen-bond donors (Lipinski definition) is 0. The van der Waals surface area contributed by atoms with Crippen LogP contribution in [0.2, 0.25) is 0 Å². The maximum atomic E-state index is 12.8. The van der Waals surface area contributed by atoms with Crippen molar-refractivity contribution in [1.29, 1.82) is 0 Å². The number of nitrogens with zero attached hydrogens (tertiary/aromatic N) is 4. The number of aromatic nitrogens is 4. The summed E-state index contributed by atoms with van der Waals surface area (Å²) in [5.74, 6) is -0.589. The van der Waals surface area contributed by atoms with Crippen molar-refractivity contribution in [2.75, 3.05) is 0 Å². The molecule has 0 aliphatic rings. The molecule has 0 unspecified atom stereocenters. The maximum absolute atomic E-state index is 12.8. The molecule has 1 heterocycles. The number of rotatable bonds is 4. The van der Waals surface area contributed by atoms with Crippen molar-refractivity contribution in [1.82, 2.24) is 20.2 Å². The monoisotopic (exact) mass is 298 g/mol. The van der Waals surface area contributed by atoms with Gasteiger partial charge < -0.3 is 4.74 Å². The zero-order valence-corrected chi connectivity index (χ0v) is 11.4. The molecule has 0 fully saturated rings. The molecule has 3 aromatic rings. The second-order valence-electron chi connectivity index (χ2n) is 4.43. The van der Waals surface area contributed by atoms with E-state index in [4.69, 9.17) is 4.74 Å². The summed E-state index contributed by atoms with van der Waals surface area (Å²) < 4.78 is 19.5. The predicted molar refractivity (Wildman–Crippen MR) is 74.7 cm³/mol. The van der Waals surface area contributed by atoms with E-state index in [1.54, 1.807) is 0 Å². The molecule has 0 saturated heterocycles. The average molecular weight is 298 g/mol. The number of ether oxygens (including phenoxy) is 1. The lowest BCUT2D eigenvalue weighted by atomic mass is 10.2. The minimum absolute atomic E-state index is 0.0852. The largest absolute Gasteiger partial charge is 0.454 e. The standard InChI is InChI=1S/C15H11FN4O2/c16-12-8-6-11(7-9-12)15(21)22-10-14-17-18-19-20(14)13-4-2-1-3-5-13/h1-9H,10H2. The fraction of sp³-hybridized carbons (Fsp3) is 0.0667. The SMILES string of the molecule is O=C(OCc1nnnn1-c1ccccc1)c1ccc(F)cc1. The molecule has 0 atom stereocenters. The van der Waals surface area contributed by atoms with Gasteiger partial charge in [0.2, 0.25) is 0 Å². The van der Waals surface area contributed by atoms with Gasteiger partial charge in [-0.1, -0.05) is 18.2 Å². The second kappa shape index (κ2) is 6.13. The number of carbonyl (C=O) groups excluding carboxylic acids is 1. The Labute approximate surface area is 125 Å². The van der Waals surface area contributed by atoms with Crippen LogP contribution in [0.3, 0.4) is 0 Å². The summed E-state index contributed by atoms with van der Waals surface area (Å²) in [4.78, 5) is 11.9. The lowest BCUT2D eigenvalue weighted by molar-refractivity contribution is 0.0459. The van der Waals surface area contributed by atoms with Gasteiger partial charge in [0.1, 0.15) is 5.82 Å². The van der Waals surface area contributed by atoms with E-state index >= 15 is 0 Å². The van der Waals surface area contributed by atoms with E-state index in [0.29, 0.717) is 5.82 Å². The Balaban J connectivity index is 1.71. The summed E-state index contributed by atoms with van der Waals surface area (Å²) in [6.07, 6.45) is 0. The molecular weight excluding hydrogens is 287 g/mol. The van der Waals surface area contributed by atoms with E-state index in [0.717, 1.165) is 5.69 Å². The van der Waals surface area contributed by atoms with E-state index in [1.807, 2.05) is 30.3 Å². The van der Waals surface area contributed by atoms with Gasteiger partial charge in [-0.15, -0.1) is 5.10 Å². The summed E-state index contributed by atoms with van der Waals surface area (Å²) in [6, 6.07) is 14.4. The van der Waals surface area contributed by atoms with Gasteiger partial charge in [0.15, 0.2) is 12.4 Å². The quantitative estimate of drug-likeness (QED) is 0.690.